The van der Waals surface area contributed by atoms with E-state index in [-0.39, 0.29) is 5.69 Å². The SMILES string of the molecule is O=C(Nc1ccc(Br)cc1)Nc1ccc(F)c(NC(=O)c2cc(C(F)(F)F)ccc2F)c1. The molecule has 32 heavy (non-hydrogen) atoms. The van der Waals surface area contributed by atoms with E-state index in [4.69, 9.17) is 0 Å². The molecule has 0 spiro atoms. The van der Waals surface area contributed by atoms with Crippen LogP contribution in [0.25, 0.3) is 0 Å². The lowest BCUT2D eigenvalue weighted by Gasteiger charge is -2.12. The molecule has 0 radical (unpaired) electrons. The van der Waals surface area contributed by atoms with E-state index in [1.165, 1.54) is 6.07 Å². The molecule has 3 aromatic carbocycles. The fourth-order valence-electron chi connectivity index (χ4n) is 2.59. The second-order valence-corrected chi connectivity index (χ2v) is 7.34. The average Bonchev–Trinajstić information content (AvgIpc) is 2.71. The molecule has 0 aliphatic carbocycles. The Kier molecular flexibility index (Phi) is 6.78. The number of anilines is 3. The maximum absolute atomic E-state index is 14.1. The van der Waals surface area contributed by atoms with Crippen molar-refractivity contribution in [1.82, 2.24) is 0 Å². The van der Waals surface area contributed by atoms with Gasteiger partial charge < -0.3 is 16.0 Å². The molecule has 5 nitrogen and oxygen atoms in total. The van der Waals surface area contributed by atoms with Gasteiger partial charge in [0.15, 0.2) is 0 Å². The molecule has 3 rings (SSSR count). The lowest BCUT2D eigenvalue weighted by Crippen LogP contribution is -2.20. The van der Waals surface area contributed by atoms with E-state index in [9.17, 15) is 31.5 Å². The minimum atomic E-state index is -4.79. The summed E-state index contributed by atoms with van der Waals surface area (Å²) in [5, 5.41) is 6.98. The number of nitrogens with one attached hydrogen (secondary N) is 3. The highest BCUT2D eigenvalue weighted by Crippen LogP contribution is 2.31. The number of carbonyl (C=O) groups is 2. The lowest BCUT2D eigenvalue weighted by molar-refractivity contribution is -0.137. The average molecular weight is 514 g/mol. The number of amides is 3. The van der Waals surface area contributed by atoms with Crippen molar-refractivity contribution in [1.29, 1.82) is 0 Å². The third kappa shape index (κ3) is 5.82. The number of alkyl halides is 3. The van der Waals surface area contributed by atoms with Crippen molar-refractivity contribution < 1.29 is 31.5 Å². The summed E-state index contributed by atoms with van der Waals surface area (Å²) >= 11 is 3.26. The van der Waals surface area contributed by atoms with Crippen molar-refractivity contribution in [3.63, 3.8) is 0 Å². The van der Waals surface area contributed by atoms with Gasteiger partial charge in [-0.2, -0.15) is 13.2 Å². The van der Waals surface area contributed by atoms with Gasteiger partial charge in [0.1, 0.15) is 11.6 Å². The smallest absolute Gasteiger partial charge is 0.319 e. The van der Waals surface area contributed by atoms with Crippen LogP contribution in [0, 0.1) is 11.6 Å². The van der Waals surface area contributed by atoms with Crippen molar-refractivity contribution in [2.75, 3.05) is 16.0 Å². The highest BCUT2D eigenvalue weighted by Gasteiger charge is 2.32. The van der Waals surface area contributed by atoms with Gasteiger partial charge in [0.2, 0.25) is 0 Å². The van der Waals surface area contributed by atoms with Gasteiger partial charge in [-0.15, -0.1) is 0 Å². The van der Waals surface area contributed by atoms with Crippen LogP contribution in [0.2, 0.25) is 0 Å². The Bertz CT molecular complexity index is 1170. The van der Waals surface area contributed by atoms with Crippen molar-refractivity contribution in [3.8, 4) is 0 Å². The fourth-order valence-corrected chi connectivity index (χ4v) is 2.86. The van der Waals surface area contributed by atoms with E-state index in [1.807, 2.05) is 5.32 Å². The largest absolute Gasteiger partial charge is 0.416 e. The van der Waals surface area contributed by atoms with Gasteiger partial charge in [0, 0.05) is 15.8 Å². The maximum Gasteiger partial charge on any atom is 0.416 e. The molecule has 11 heteroatoms. The summed E-state index contributed by atoms with van der Waals surface area (Å²) in [4.78, 5) is 24.4. The number of hydrogen-bond acceptors (Lipinski definition) is 2. The Labute approximate surface area is 186 Å². The molecule has 0 aliphatic rings. The molecule has 3 aromatic rings. The van der Waals surface area contributed by atoms with E-state index < -0.39 is 46.6 Å². The zero-order chi connectivity index (χ0) is 23.5. The third-order valence-electron chi connectivity index (χ3n) is 4.11. The van der Waals surface area contributed by atoms with Crippen LogP contribution in [0.15, 0.2) is 65.1 Å². The number of carbonyl (C=O) groups excluding carboxylic acids is 2. The number of benzene rings is 3. The maximum atomic E-state index is 14.1. The molecule has 0 atom stereocenters. The Morgan fingerprint density at radius 3 is 2.00 bits per heavy atom. The standard InChI is InChI=1S/C21H13BrF5N3O2/c22-12-2-4-13(5-3-12)28-20(32)29-14-6-8-17(24)18(10-14)30-19(31)15-9-11(21(25,26)27)1-7-16(15)23/h1-10H,(H,30,31)(H2,28,29,32). The quantitative estimate of drug-likeness (QED) is 0.342. The van der Waals surface area contributed by atoms with Crippen LogP contribution in [0.4, 0.5) is 43.8 Å². The van der Waals surface area contributed by atoms with Gasteiger partial charge in [-0.3, -0.25) is 4.79 Å². The highest BCUT2D eigenvalue weighted by molar-refractivity contribution is 9.10. The third-order valence-corrected chi connectivity index (χ3v) is 4.64. The summed E-state index contributed by atoms with van der Waals surface area (Å²) < 4.78 is 67.4. The van der Waals surface area contributed by atoms with Crippen molar-refractivity contribution in [2.45, 2.75) is 6.18 Å². The molecule has 0 aromatic heterocycles. The number of hydrogen-bond donors (Lipinski definition) is 3. The number of rotatable bonds is 4. The van der Waals surface area contributed by atoms with Crippen molar-refractivity contribution in [3.05, 3.63) is 87.9 Å². The predicted molar refractivity (Wildman–Crippen MR) is 113 cm³/mol. The van der Waals surface area contributed by atoms with Gasteiger partial charge in [-0.25, -0.2) is 13.6 Å². The minimum absolute atomic E-state index is 0.0702. The number of halogens is 6. The van der Waals surface area contributed by atoms with Crippen LogP contribution in [0.1, 0.15) is 15.9 Å². The molecule has 0 unspecified atom stereocenters. The zero-order valence-electron chi connectivity index (χ0n) is 15.9. The molecule has 166 valence electrons. The summed E-state index contributed by atoms with van der Waals surface area (Å²) in [6, 6.07) is 10.5. The van der Waals surface area contributed by atoms with Gasteiger partial charge in [0.25, 0.3) is 5.91 Å². The van der Waals surface area contributed by atoms with Gasteiger partial charge in [-0.1, -0.05) is 15.9 Å². The minimum Gasteiger partial charge on any atom is -0.319 e. The Morgan fingerprint density at radius 1 is 0.750 bits per heavy atom. The van der Waals surface area contributed by atoms with Crippen LogP contribution in [-0.2, 0) is 6.18 Å². The van der Waals surface area contributed by atoms with Gasteiger partial charge in [-0.05, 0) is 60.7 Å². The van der Waals surface area contributed by atoms with E-state index >= 15 is 0 Å². The van der Waals surface area contributed by atoms with Crippen LogP contribution in [0.3, 0.4) is 0 Å². The molecule has 0 aliphatic heterocycles. The molecule has 0 fully saturated rings. The van der Waals surface area contributed by atoms with Crippen molar-refractivity contribution >= 4 is 44.9 Å². The highest BCUT2D eigenvalue weighted by atomic mass is 79.9. The van der Waals surface area contributed by atoms with E-state index in [1.54, 1.807) is 24.3 Å². The van der Waals surface area contributed by atoms with E-state index in [0.29, 0.717) is 23.9 Å². The molecular weight excluding hydrogens is 501 g/mol. The Morgan fingerprint density at radius 2 is 1.34 bits per heavy atom. The molecule has 0 saturated carbocycles. The second kappa shape index (κ2) is 9.35. The summed E-state index contributed by atoms with van der Waals surface area (Å²) in [5.74, 6) is -3.44. The fraction of sp³-hybridized carbons (Fsp3) is 0.0476. The summed E-state index contributed by atoms with van der Waals surface area (Å²) in [7, 11) is 0. The van der Waals surface area contributed by atoms with E-state index in [0.717, 1.165) is 16.6 Å². The van der Waals surface area contributed by atoms with Crippen LogP contribution in [0.5, 0.6) is 0 Å². The molecule has 3 amide bonds. The summed E-state index contributed by atoms with van der Waals surface area (Å²) in [6.45, 7) is 0. The second-order valence-electron chi connectivity index (χ2n) is 6.43. The number of urea groups is 1. The first-order chi connectivity index (χ1) is 15.0. The van der Waals surface area contributed by atoms with Gasteiger partial charge in [0.05, 0.1) is 16.8 Å². The van der Waals surface area contributed by atoms with Crippen molar-refractivity contribution in [2.24, 2.45) is 0 Å². The van der Waals surface area contributed by atoms with Crippen LogP contribution < -0.4 is 16.0 Å². The molecular formula is C21H13BrF5N3O2. The van der Waals surface area contributed by atoms with Crippen LogP contribution in [-0.4, -0.2) is 11.9 Å². The normalized spacial score (nSPS) is 11.1. The molecule has 0 saturated heterocycles. The Balaban J connectivity index is 1.75. The zero-order valence-corrected chi connectivity index (χ0v) is 17.4. The first kappa shape index (κ1) is 23.2. The lowest BCUT2D eigenvalue weighted by atomic mass is 10.1. The summed E-state index contributed by atoms with van der Waals surface area (Å²) in [5.41, 5.74) is -2.06. The topological polar surface area (TPSA) is 70.2 Å². The molecule has 0 heterocycles. The Hall–Kier alpha value is -3.47. The van der Waals surface area contributed by atoms with E-state index in [2.05, 4.69) is 26.6 Å². The van der Waals surface area contributed by atoms with Crippen LogP contribution >= 0.6 is 15.9 Å². The first-order valence-corrected chi connectivity index (χ1v) is 9.63. The molecule has 0 bridgehead atoms. The monoisotopic (exact) mass is 513 g/mol. The predicted octanol–water partition coefficient (Wildman–Crippen LogP) is 6.64. The first-order valence-electron chi connectivity index (χ1n) is 8.84. The summed E-state index contributed by atoms with van der Waals surface area (Å²) in [6.07, 6.45) is -4.79. The van der Waals surface area contributed by atoms with Gasteiger partial charge >= 0.3 is 12.2 Å². The molecule has 3 N–H and O–H groups in total.